The Hall–Kier alpha value is -0.480. The average Bonchev–Trinajstić information content (AvgIpc) is 2.71. The fourth-order valence-corrected chi connectivity index (χ4v) is 3.00. The molecule has 1 heterocycles. The molecule has 1 aromatic rings. The summed E-state index contributed by atoms with van der Waals surface area (Å²) in [4.78, 5) is 7.32. The number of aromatic amines is 1. The van der Waals surface area contributed by atoms with E-state index in [4.69, 9.17) is 5.73 Å². The lowest BCUT2D eigenvalue weighted by Gasteiger charge is -2.15. The van der Waals surface area contributed by atoms with E-state index < -0.39 is 0 Å². The molecule has 1 aromatic heterocycles. The van der Waals surface area contributed by atoms with Crippen molar-refractivity contribution in [2.75, 3.05) is 0 Å². The number of H-pyrrole nitrogens is 1. The molecule has 0 bridgehead atoms. The zero-order chi connectivity index (χ0) is 9.26. The molecule has 3 unspecified atom stereocenters. The summed E-state index contributed by atoms with van der Waals surface area (Å²) in [5, 5.41) is 1.66. The van der Waals surface area contributed by atoms with Crippen molar-refractivity contribution >= 4 is 11.8 Å². The normalized spacial score (nSPS) is 33.8. The van der Waals surface area contributed by atoms with Crippen LogP contribution >= 0.6 is 11.8 Å². The molecule has 0 aliphatic heterocycles. The van der Waals surface area contributed by atoms with Gasteiger partial charge in [0.15, 0.2) is 5.16 Å². The summed E-state index contributed by atoms with van der Waals surface area (Å²) < 4.78 is 0. The van der Waals surface area contributed by atoms with Crippen LogP contribution in [0.1, 0.15) is 19.8 Å². The monoisotopic (exact) mass is 197 g/mol. The van der Waals surface area contributed by atoms with Gasteiger partial charge in [0.2, 0.25) is 0 Å². The molecule has 3 N–H and O–H groups in total. The van der Waals surface area contributed by atoms with Crippen LogP contribution in [-0.2, 0) is 0 Å². The first-order valence-electron chi connectivity index (χ1n) is 4.69. The molecule has 0 spiro atoms. The first kappa shape index (κ1) is 9.09. The number of nitrogens with two attached hydrogens (primary N) is 1. The van der Waals surface area contributed by atoms with E-state index in [1.807, 2.05) is 18.0 Å². The van der Waals surface area contributed by atoms with Crippen LogP contribution in [0.3, 0.4) is 0 Å². The topological polar surface area (TPSA) is 54.7 Å². The Morgan fingerprint density at radius 3 is 3.00 bits per heavy atom. The average molecular weight is 197 g/mol. The minimum absolute atomic E-state index is 0.382. The maximum atomic E-state index is 5.95. The van der Waals surface area contributed by atoms with Crippen LogP contribution in [-0.4, -0.2) is 21.3 Å². The third-order valence-electron chi connectivity index (χ3n) is 2.78. The smallest absolute Gasteiger partial charge is 0.165 e. The predicted octanol–water partition coefficient (Wildman–Crippen LogP) is 1.63. The third kappa shape index (κ3) is 1.89. The Morgan fingerprint density at radius 1 is 1.62 bits per heavy atom. The lowest BCUT2D eigenvalue weighted by Crippen LogP contribution is -2.26. The summed E-state index contributed by atoms with van der Waals surface area (Å²) in [6.07, 6.45) is 6.02. The molecule has 3 nitrogen and oxygen atoms in total. The Kier molecular flexibility index (Phi) is 2.60. The molecule has 4 heteroatoms. The summed E-state index contributed by atoms with van der Waals surface area (Å²) >= 11 is 1.82. The third-order valence-corrected chi connectivity index (χ3v) is 4.20. The molecule has 1 saturated carbocycles. The van der Waals surface area contributed by atoms with Gasteiger partial charge in [-0.25, -0.2) is 4.98 Å². The van der Waals surface area contributed by atoms with E-state index in [-0.39, 0.29) is 0 Å². The van der Waals surface area contributed by atoms with Gasteiger partial charge in [-0.2, -0.15) is 0 Å². The molecule has 1 fully saturated rings. The molecule has 0 aromatic carbocycles. The van der Waals surface area contributed by atoms with Crippen molar-refractivity contribution in [1.29, 1.82) is 0 Å². The van der Waals surface area contributed by atoms with E-state index in [0.717, 1.165) is 11.6 Å². The van der Waals surface area contributed by atoms with Gasteiger partial charge in [0, 0.05) is 23.7 Å². The SMILES string of the molecule is CC1C(N)CCC1Sc1ncc[nH]1. The van der Waals surface area contributed by atoms with Gasteiger partial charge in [-0.05, 0) is 18.8 Å². The summed E-state index contributed by atoms with van der Waals surface area (Å²) in [5.74, 6) is 0.607. The second kappa shape index (κ2) is 3.72. The van der Waals surface area contributed by atoms with Crippen LogP contribution in [0.15, 0.2) is 17.6 Å². The minimum atomic E-state index is 0.382. The predicted molar refractivity (Wildman–Crippen MR) is 54.6 cm³/mol. The van der Waals surface area contributed by atoms with Gasteiger partial charge < -0.3 is 10.7 Å². The van der Waals surface area contributed by atoms with Gasteiger partial charge in [-0.15, -0.1) is 0 Å². The number of hydrogen-bond acceptors (Lipinski definition) is 3. The van der Waals surface area contributed by atoms with E-state index in [1.165, 1.54) is 6.42 Å². The molecular formula is C9H15N3S. The second-order valence-electron chi connectivity index (χ2n) is 3.65. The van der Waals surface area contributed by atoms with Crippen molar-refractivity contribution in [3.63, 3.8) is 0 Å². The molecule has 13 heavy (non-hydrogen) atoms. The number of nitrogens with zero attached hydrogens (tertiary/aromatic N) is 1. The van der Waals surface area contributed by atoms with E-state index in [0.29, 0.717) is 17.2 Å². The van der Waals surface area contributed by atoms with Crippen LogP contribution in [0.2, 0.25) is 0 Å². The van der Waals surface area contributed by atoms with Gasteiger partial charge in [-0.1, -0.05) is 18.7 Å². The van der Waals surface area contributed by atoms with Crippen molar-refractivity contribution in [1.82, 2.24) is 9.97 Å². The Labute approximate surface area is 82.5 Å². The van der Waals surface area contributed by atoms with Gasteiger partial charge in [0.1, 0.15) is 0 Å². The van der Waals surface area contributed by atoms with E-state index in [9.17, 15) is 0 Å². The molecule has 3 atom stereocenters. The Bertz CT molecular complexity index is 260. The molecule has 1 aliphatic carbocycles. The molecule has 0 amide bonds. The number of imidazole rings is 1. The van der Waals surface area contributed by atoms with E-state index >= 15 is 0 Å². The minimum Gasteiger partial charge on any atom is -0.340 e. The summed E-state index contributed by atoms with van der Waals surface area (Å²) in [6.45, 7) is 2.23. The maximum absolute atomic E-state index is 5.95. The Morgan fingerprint density at radius 2 is 2.46 bits per heavy atom. The number of thioether (sulfide) groups is 1. The molecule has 0 radical (unpaired) electrons. The zero-order valence-corrected chi connectivity index (χ0v) is 8.55. The number of nitrogens with one attached hydrogen (secondary N) is 1. The lowest BCUT2D eigenvalue weighted by molar-refractivity contribution is 0.534. The van der Waals surface area contributed by atoms with Gasteiger partial charge in [0.05, 0.1) is 0 Å². The fraction of sp³-hybridized carbons (Fsp3) is 0.667. The number of hydrogen-bond donors (Lipinski definition) is 2. The molecule has 2 rings (SSSR count). The van der Waals surface area contributed by atoms with Crippen molar-refractivity contribution in [2.45, 2.75) is 36.2 Å². The summed E-state index contributed by atoms with van der Waals surface area (Å²) in [7, 11) is 0. The molecule has 1 aliphatic rings. The van der Waals surface area contributed by atoms with Crippen molar-refractivity contribution in [3.8, 4) is 0 Å². The fourth-order valence-electron chi connectivity index (χ4n) is 1.78. The highest BCUT2D eigenvalue weighted by Crippen LogP contribution is 2.36. The summed E-state index contributed by atoms with van der Waals surface area (Å²) in [5.41, 5.74) is 5.95. The first-order valence-corrected chi connectivity index (χ1v) is 5.57. The van der Waals surface area contributed by atoms with Crippen molar-refractivity contribution < 1.29 is 0 Å². The van der Waals surface area contributed by atoms with Gasteiger partial charge in [-0.3, -0.25) is 0 Å². The largest absolute Gasteiger partial charge is 0.340 e. The molecular weight excluding hydrogens is 182 g/mol. The number of rotatable bonds is 2. The van der Waals surface area contributed by atoms with Crippen LogP contribution in [0.4, 0.5) is 0 Å². The highest BCUT2D eigenvalue weighted by atomic mass is 32.2. The molecule has 72 valence electrons. The van der Waals surface area contributed by atoms with E-state index in [2.05, 4.69) is 16.9 Å². The van der Waals surface area contributed by atoms with Gasteiger partial charge >= 0.3 is 0 Å². The maximum Gasteiger partial charge on any atom is 0.165 e. The number of aromatic nitrogens is 2. The highest BCUT2D eigenvalue weighted by molar-refractivity contribution is 7.99. The molecule has 0 saturated heterocycles. The van der Waals surface area contributed by atoms with E-state index in [1.54, 1.807) is 6.20 Å². The zero-order valence-electron chi connectivity index (χ0n) is 7.73. The second-order valence-corrected chi connectivity index (χ2v) is 4.88. The van der Waals surface area contributed by atoms with Crippen LogP contribution in [0.25, 0.3) is 0 Å². The van der Waals surface area contributed by atoms with Crippen LogP contribution < -0.4 is 5.73 Å². The van der Waals surface area contributed by atoms with Gasteiger partial charge in [0.25, 0.3) is 0 Å². The van der Waals surface area contributed by atoms with Crippen molar-refractivity contribution in [3.05, 3.63) is 12.4 Å². The van der Waals surface area contributed by atoms with Crippen LogP contribution in [0, 0.1) is 5.92 Å². The van der Waals surface area contributed by atoms with Crippen molar-refractivity contribution in [2.24, 2.45) is 11.7 Å². The first-order chi connectivity index (χ1) is 6.27. The van der Waals surface area contributed by atoms with Crippen LogP contribution in [0.5, 0.6) is 0 Å². The summed E-state index contributed by atoms with van der Waals surface area (Å²) in [6, 6.07) is 0.382. The highest BCUT2D eigenvalue weighted by Gasteiger charge is 2.31. The lowest BCUT2D eigenvalue weighted by atomic mass is 10.1. The quantitative estimate of drug-likeness (QED) is 0.757. The Balaban J connectivity index is 1.96. The standard InChI is InChI=1S/C9H15N3S/c1-6-7(10)2-3-8(6)13-9-11-4-5-12-9/h4-8H,2-3,10H2,1H3,(H,11,12).